The molecule has 2 aromatic rings. The first-order chi connectivity index (χ1) is 11.8. The van der Waals surface area contributed by atoms with Crippen molar-refractivity contribution in [1.29, 1.82) is 0 Å². The normalized spacial score (nSPS) is 11.9. The fourth-order valence-electron chi connectivity index (χ4n) is 2.38. The van der Waals surface area contributed by atoms with Crippen LogP contribution in [0, 0.1) is 5.82 Å². The minimum Gasteiger partial charge on any atom is -0.490 e. The molecule has 6 heteroatoms. The molecule has 0 bridgehead atoms. The van der Waals surface area contributed by atoms with Crippen molar-refractivity contribution in [3.05, 3.63) is 59.4 Å². The van der Waals surface area contributed by atoms with E-state index in [2.05, 4.69) is 5.32 Å². The summed E-state index contributed by atoms with van der Waals surface area (Å²) in [6.07, 6.45) is -0.125. The molecule has 0 spiro atoms. The van der Waals surface area contributed by atoms with Crippen molar-refractivity contribution in [2.45, 2.75) is 32.8 Å². The molecule has 0 aliphatic heterocycles. The molecule has 132 valence electrons. The number of primary amides is 1. The predicted molar refractivity (Wildman–Crippen MR) is 94.2 cm³/mol. The van der Waals surface area contributed by atoms with Crippen LogP contribution in [0.1, 0.15) is 42.6 Å². The maximum Gasteiger partial charge on any atom is 0.252 e. The molecule has 0 aliphatic rings. The van der Waals surface area contributed by atoms with Crippen LogP contribution in [0.2, 0.25) is 0 Å². The molecule has 2 aromatic carbocycles. The van der Waals surface area contributed by atoms with Gasteiger partial charge in [-0.15, -0.1) is 0 Å². The van der Waals surface area contributed by atoms with E-state index in [1.54, 1.807) is 37.3 Å². The van der Waals surface area contributed by atoms with Gasteiger partial charge in [0.25, 0.3) is 5.91 Å². The Morgan fingerprint density at radius 2 is 1.80 bits per heavy atom. The van der Waals surface area contributed by atoms with E-state index in [0.29, 0.717) is 17.0 Å². The molecule has 0 radical (unpaired) electrons. The second kappa shape index (κ2) is 7.79. The van der Waals surface area contributed by atoms with Gasteiger partial charge < -0.3 is 15.8 Å². The van der Waals surface area contributed by atoms with E-state index in [9.17, 15) is 14.0 Å². The summed E-state index contributed by atoms with van der Waals surface area (Å²) in [6, 6.07) is 10.7. The Morgan fingerprint density at radius 3 is 2.40 bits per heavy atom. The third kappa shape index (κ3) is 4.56. The number of anilines is 1. The molecule has 0 aromatic heterocycles. The Morgan fingerprint density at radius 1 is 1.12 bits per heavy atom. The van der Waals surface area contributed by atoms with Gasteiger partial charge in [-0.05, 0) is 50.6 Å². The summed E-state index contributed by atoms with van der Waals surface area (Å²) in [5.41, 5.74) is 6.24. The lowest BCUT2D eigenvalue weighted by Gasteiger charge is -2.16. The largest absolute Gasteiger partial charge is 0.490 e. The van der Waals surface area contributed by atoms with E-state index >= 15 is 0 Å². The lowest BCUT2D eigenvalue weighted by Crippen LogP contribution is -2.21. The zero-order chi connectivity index (χ0) is 18.6. The number of carbonyl (C=O) groups excluding carboxylic acids is 2. The molecule has 3 N–H and O–H groups in total. The van der Waals surface area contributed by atoms with E-state index in [1.165, 1.54) is 12.1 Å². The molecule has 0 saturated heterocycles. The third-order valence-corrected chi connectivity index (χ3v) is 3.64. The van der Waals surface area contributed by atoms with Gasteiger partial charge in [0.15, 0.2) is 0 Å². The van der Waals surface area contributed by atoms with Crippen LogP contribution in [0.5, 0.6) is 5.75 Å². The monoisotopic (exact) mass is 344 g/mol. The molecule has 0 saturated carbocycles. The summed E-state index contributed by atoms with van der Waals surface area (Å²) in [5.74, 6) is -1.83. The first-order valence-electron chi connectivity index (χ1n) is 7.95. The van der Waals surface area contributed by atoms with Crippen LogP contribution < -0.4 is 15.8 Å². The van der Waals surface area contributed by atoms with Crippen molar-refractivity contribution in [2.24, 2.45) is 5.73 Å². The van der Waals surface area contributed by atoms with Crippen molar-refractivity contribution in [2.75, 3.05) is 5.32 Å². The van der Waals surface area contributed by atoms with Crippen molar-refractivity contribution >= 4 is 17.5 Å². The van der Waals surface area contributed by atoms with Gasteiger partial charge in [-0.2, -0.15) is 0 Å². The Balaban J connectivity index is 2.22. The van der Waals surface area contributed by atoms with Crippen LogP contribution >= 0.6 is 0 Å². The number of benzene rings is 2. The lowest BCUT2D eigenvalue weighted by atomic mass is 9.99. The van der Waals surface area contributed by atoms with E-state index in [4.69, 9.17) is 10.5 Å². The maximum absolute atomic E-state index is 13.8. The Hall–Kier alpha value is -2.89. The second-order valence-corrected chi connectivity index (χ2v) is 5.97. The first-order valence-corrected chi connectivity index (χ1v) is 7.95. The summed E-state index contributed by atoms with van der Waals surface area (Å²) < 4.78 is 19.4. The van der Waals surface area contributed by atoms with Crippen molar-refractivity contribution in [1.82, 2.24) is 0 Å². The van der Waals surface area contributed by atoms with Crippen LogP contribution in [0.25, 0.3) is 0 Å². The highest BCUT2D eigenvalue weighted by molar-refractivity contribution is 6.00. The van der Waals surface area contributed by atoms with Gasteiger partial charge in [0.2, 0.25) is 5.91 Å². The van der Waals surface area contributed by atoms with Crippen LogP contribution in [-0.2, 0) is 4.79 Å². The maximum atomic E-state index is 13.8. The topological polar surface area (TPSA) is 81.4 Å². The third-order valence-electron chi connectivity index (χ3n) is 3.64. The number of carbonyl (C=O) groups is 2. The molecule has 1 atom stereocenters. The molecular formula is C19H21FN2O3. The molecule has 5 nitrogen and oxygen atoms in total. The highest BCUT2D eigenvalue weighted by atomic mass is 19.1. The molecule has 0 fully saturated rings. The van der Waals surface area contributed by atoms with E-state index in [0.717, 1.165) is 0 Å². The number of ether oxygens (including phenoxy) is 1. The van der Waals surface area contributed by atoms with E-state index in [-0.39, 0.29) is 11.7 Å². The zero-order valence-corrected chi connectivity index (χ0v) is 14.4. The summed E-state index contributed by atoms with van der Waals surface area (Å²) in [7, 11) is 0. The molecule has 0 aliphatic carbocycles. The smallest absolute Gasteiger partial charge is 0.252 e. The number of amides is 2. The van der Waals surface area contributed by atoms with E-state index in [1.807, 2.05) is 13.8 Å². The summed E-state index contributed by atoms with van der Waals surface area (Å²) >= 11 is 0. The highest BCUT2D eigenvalue weighted by Crippen LogP contribution is 2.25. The predicted octanol–water partition coefficient (Wildman–Crippen LogP) is 3.45. The van der Waals surface area contributed by atoms with Crippen LogP contribution in [0.4, 0.5) is 10.1 Å². The van der Waals surface area contributed by atoms with Gasteiger partial charge in [0.1, 0.15) is 11.6 Å². The van der Waals surface area contributed by atoms with Gasteiger partial charge >= 0.3 is 0 Å². The molecule has 25 heavy (non-hydrogen) atoms. The van der Waals surface area contributed by atoms with Gasteiger partial charge in [0, 0.05) is 5.69 Å². The highest BCUT2D eigenvalue weighted by Gasteiger charge is 2.19. The summed E-state index contributed by atoms with van der Waals surface area (Å²) in [4.78, 5) is 24.0. The van der Waals surface area contributed by atoms with Gasteiger partial charge in [-0.25, -0.2) is 4.39 Å². The average molecular weight is 344 g/mol. The number of rotatable bonds is 6. The molecule has 2 rings (SSSR count). The number of hydrogen-bond acceptors (Lipinski definition) is 3. The first kappa shape index (κ1) is 18.4. The fourth-order valence-corrected chi connectivity index (χ4v) is 2.38. The number of hydrogen-bond donors (Lipinski definition) is 2. The van der Waals surface area contributed by atoms with Gasteiger partial charge in [0.05, 0.1) is 17.6 Å². The second-order valence-electron chi connectivity index (χ2n) is 5.97. The zero-order valence-electron chi connectivity index (χ0n) is 14.4. The van der Waals surface area contributed by atoms with Crippen molar-refractivity contribution in [3.8, 4) is 5.75 Å². The Bertz CT molecular complexity index is 790. The number of nitrogens with one attached hydrogen (secondary N) is 1. The number of halogens is 1. The minimum absolute atomic E-state index is 0.125. The average Bonchev–Trinajstić information content (AvgIpc) is 2.55. The summed E-state index contributed by atoms with van der Waals surface area (Å²) in [6.45, 7) is 5.27. The molecule has 2 amide bonds. The van der Waals surface area contributed by atoms with E-state index < -0.39 is 23.5 Å². The number of nitrogens with two attached hydrogens (primary N) is 1. The Labute approximate surface area is 146 Å². The van der Waals surface area contributed by atoms with Crippen molar-refractivity contribution in [3.63, 3.8) is 0 Å². The lowest BCUT2D eigenvalue weighted by molar-refractivity contribution is -0.117. The van der Waals surface area contributed by atoms with Gasteiger partial charge in [-0.3, -0.25) is 9.59 Å². The quantitative estimate of drug-likeness (QED) is 0.842. The van der Waals surface area contributed by atoms with Crippen LogP contribution in [0.15, 0.2) is 42.5 Å². The van der Waals surface area contributed by atoms with Crippen LogP contribution in [0.3, 0.4) is 0 Å². The Kier molecular flexibility index (Phi) is 5.75. The standard InChI is InChI=1S/C19H21FN2O3/c1-11(2)25-17-9-8-13(10-15(17)18(21)23)22-19(24)12(3)14-6-4-5-7-16(14)20/h4-12H,1-3H3,(H2,21,23)(H,22,24)/t12-/m0/s1. The summed E-state index contributed by atoms with van der Waals surface area (Å²) in [5, 5.41) is 2.67. The minimum atomic E-state index is -0.690. The van der Waals surface area contributed by atoms with Gasteiger partial charge in [-0.1, -0.05) is 18.2 Å². The van der Waals surface area contributed by atoms with Crippen LogP contribution in [-0.4, -0.2) is 17.9 Å². The molecule has 0 unspecified atom stereocenters. The fraction of sp³-hybridized carbons (Fsp3) is 0.263. The molecule has 0 heterocycles. The van der Waals surface area contributed by atoms with Crippen molar-refractivity contribution < 1.29 is 18.7 Å². The molecular weight excluding hydrogens is 323 g/mol. The SMILES string of the molecule is CC(C)Oc1ccc(NC(=O)[C@@H](C)c2ccccc2F)cc1C(N)=O.